The van der Waals surface area contributed by atoms with Crippen LogP contribution in [-0.4, -0.2) is 29.8 Å². The van der Waals surface area contributed by atoms with Gasteiger partial charge in [-0.15, -0.1) is 0 Å². The van der Waals surface area contributed by atoms with Crippen LogP contribution in [0.25, 0.3) is 11.1 Å². The van der Waals surface area contributed by atoms with Crippen LogP contribution in [-0.2, 0) is 11.2 Å². The van der Waals surface area contributed by atoms with Gasteiger partial charge in [-0.1, -0.05) is 18.2 Å². The molecule has 1 aliphatic rings. The summed E-state index contributed by atoms with van der Waals surface area (Å²) >= 11 is 0. The Labute approximate surface area is 156 Å². The lowest BCUT2D eigenvalue weighted by Gasteiger charge is -2.17. The number of aromatic nitrogens is 2. The van der Waals surface area contributed by atoms with Crippen molar-refractivity contribution in [1.82, 2.24) is 10.2 Å². The van der Waals surface area contributed by atoms with Crippen LogP contribution in [0, 0.1) is 11.7 Å². The van der Waals surface area contributed by atoms with Crippen molar-refractivity contribution in [2.75, 3.05) is 18.6 Å². The van der Waals surface area contributed by atoms with Crippen LogP contribution < -0.4 is 9.64 Å². The molecule has 0 saturated carbocycles. The second-order valence-electron chi connectivity index (χ2n) is 6.68. The first kappa shape index (κ1) is 17.3. The van der Waals surface area contributed by atoms with Crippen LogP contribution in [0.15, 0.2) is 54.9 Å². The maximum absolute atomic E-state index is 13.6. The molecule has 0 radical (unpaired) electrons. The number of methoxy groups -OCH3 is 1. The fraction of sp³-hybridized carbons (Fsp3) is 0.238. The van der Waals surface area contributed by atoms with E-state index in [1.165, 1.54) is 13.2 Å². The topological polar surface area (TPSA) is 58.2 Å². The summed E-state index contributed by atoms with van der Waals surface area (Å²) in [6, 6.07) is 12.7. The molecule has 1 unspecified atom stereocenters. The highest BCUT2D eigenvalue weighted by Gasteiger charge is 2.32. The maximum atomic E-state index is 13.6. The molecule has 5 nitrogen and oxygen atoms in total. The third-order valence-electron chi connectivity index (χ3n) is 5.02. The number of benzene rings is 2. The molecule has 0 aliphatic carbocycles. The van der Waals surface area contributed by atoms with E-state index >= 15 is 0 Å². The summed E-state index contributed by atoms with van der Waals surface area (Å²) < 4.78 is 18.6. The van der Waals surface area contributed by atoms with Crippen LogP contribution >= 0.6 is 0 Å². The van der Waals surface area contributed by atoms with Gasteiger partial charge < -0.3 is 9.64 Å². The second kappa shape index (κ2) is 7.23. The number of carbonyl (C=O) groups excluding carboxylic acids is 1. The van der Waals surface area contributed by atoms with Crippen molar-refractivity contribution in [3.63, 3.8) is 0 Å². The van der Waals surface area contributed by atoms with Crippen molar-refractivity contribution >= 4 is 11.6 Å². The summed E-state index contributed by atoms with van der Waals surface area (Å²) in [6.45, 7) is 0.687. The van der Waals surface area contributed by atoms with Crippen molar-refractivity contribution < 1.29 is 13.9 Å². The van der Waals surface area contributed by atoms with Gasteiger partial charge in [0, 0.05) is 29.9 Å². The van der Waals surface area contributed by atoms with Crippen LogP contribution in [0.1, 0.15) is 12.0 Å². The molecule has 1 N–H and O–H groups in total. The van der Waals surface area contributed by atoms with E-state index in [1.807, 2.05) is 35.4 Å². The standard InChI is InChI=1S/C21H20FN3O2/c1-27-20-11-14(2-7-19(20)22)10-16-8-9-25(21(16)26)18-5-3-15(4-6-18)17-12-23-24-13-17/h2-7,11-13,16H,8-10H2,1H3,(H,23,24). The number of ether oxygens (including phenoxy) is 1. The van der Waals surface area contributed by atoms with Gasteiger partial charge in [0.2, 0.25) is 5.91 Å². The summed E-state index contributed by atoms with van der Waals surface area (Å²) in [5.74, 6) is -0.175. The highest BCUT2D eigenvalue weighted by molar-refractivity contribution is 5.97. The number of nitrogens with one attached hydrogen (secondary N) is 1. The molecule has 1 aromatic heterocycles. The molecule has 27 heavy (non-hydrogen) atoms. The number of aromatic amines is 1. The first-order valence-corrected chi connectivity index (χ1v) is 8.88. The minimum Gasteiger partial charge on any atom is -0.494 e. The first-order valence-electron chi connectivity index (χ1n) is 8.88. The van der Waals surface area contributed by atoms with Crippen molar-refractivity contribution in [1.29, 1.82) is 0 Å². The molecule has 2 aromatic carbocycles. The van der Waals surface area contributed by atoms with E-state index < -0.39 is 5.82 Å². The van der Waals surface area contributed by atoms with E-state index in [2.05, 4.69) is 10.2 Å². The number of nitrogens with zero attached hydrogens (tertiary/aromatic N) is 2. The molecule has 0 spiro atoms. The zero-order valence-electron chi connectivity index (χ0n) is 15.0. The number of anilines is 1. The first-order chi connectivity index (χ1) is 13.2. The van der Waals surface area contributed by atoms with Crippen LogP contribution in [0.4, 0.5) is 10.1 Å². The second-order valence-corrected chi connectivity index (χ2v) is 6.68. The Balaban J connectivity index is 1.47. The van der Waals surface area contributed by atoms with E-state index in [0.29, 0.717) is 13.0 Å². The number of amides is 1. The summed E-state index contributed by atoms with van der Waals surface area (Å²) in [4.78, 5) is 14.7. The minimum atomic E-state index is -0.390. The molecule has 3 aromatic rings. The smallest absolute Gasteiger partial charge is 0.230 e. The van der Waals surface area contributed by atoms with Crippen LogP contribution in [0.3, 0.4) is 0 Å². The molecule has 1 amide bonds. The third-order valence-corrected chi connectivity index (χ3v) is 5.02. The van der Waals surface area contributed by atoms with Gasteiger partial charge in [0.05, 0.1) is 13.3 Å². The Hall–Kier alpha value is -3.15. The van der Waals surface area contributed by atoms with Gasteiger partial charge in [0.15, 0.2) is 11.6 Å². The molecule has 1 fully saturated rings. The molecule has 138 valence electrons. The van der Waals surface area contributed by atoms with Crippen molar-refractivity contribution in [2.24, 2.45) is 5.92 Å². The van der Waals surface area contributed by atoms with Crippen molar-refractivity contribution in [3.05, 3.63) is 66.2 Å². The number of hydrogen-bond acceptors (Lipinski definition) is 3. The molecular formula is C21H20FN3O2. The zero-order chi connectivity index (χ0) is 18.8. The van der Waals surface area contributed by atoms with E-state index in [0.717, 1.165) is 28.8 Å². The predicted octanol–water partition coefficient (Wildman–Crippen LogP) is 3.82. The Kier molecular flexibility index (Phi) is 4.62. The summed E-state index contributed by atoms with van der Waals surface area (Å²) in [6.07, 6.45) is 4.97. The highest BCUT2D eigenvalue weighted by atomic mass is 19.1. The van der Waals surface area contributed by atoms with Crippen molar-refractivity contribution in [2.45, 2.75) is 12.8 Å². The summed E-state index contributed by atoms with van der Waals surface area (Å²) in [7, 11) is 1.44. The summed E-state index contributed by atoms with van der Waals surface area (Å²) in [5.41, 5.74) is 3.86. The SMILES string of the molecule is COc1cc(CC2CCN(c3ccc(-c4cn[nH]c4)cc3)C2=O)ccc1F. The number of hydrogen-bond donors (Lipinski definition) is 1. The Morgan fingerprint density at radius 1 is 1.22 bits per heavy atom. The Morgan fingerprint density at radius 2 is 2.04 bits per heavy atom. The zero-order valence-corrected chi connectivity index (χ0v) is 15.0. The van der Waals surface area contributed by atoms with Gasteiger partial charge in [-0.05, 0) is 48.2 Å². The average molecular weight is 365 g/mol. The molecule has 6 heteroatoms. The Bertz CT molecular complexity index is 939. The van der Waals surface area contributed by atoms with Crippen LogP contribution in [0.5, 0.6) is 5.75 Å². The van der Waals surface area contributed by atoms with Gasteiger partial charge in [-0.3, -0.25) is 9.89 Å². The molecule has 2 heterocycles. The Morgan fingerprint density at radius 3 is 2.74 bits per heavy atom. The van der Waals surface area contributed by atoms with E-state index in [-0.39, 0.29) is 17.6 Å². The molecule has 1 aliphatic heterocycles. The monoisotopic (exact) mass is 365 g/mol. The average Bonchev–Trinajstić information content (AvgIpc) is 3.34. The number of H-pyrrole nitrogens is 1. The predicted molar refractivity (Wildman–Crippen MR) is 101 cm³/mol. The van der Waals surface area contributed by atoms with E-state index in [4.69, 9.17) is 4.74 Å². The third kappa shape index (κ3) is 3.43. The van der Waals surface area contributed by atoms with Crippen LogP contribution in [0.2, 0.25) is 0 Å². The normalized spacial score (nSPS) is 16.7. The molecule has 4 rings (SSSR count). The molecular weight excluding hydrogens is 345 g/mol. The molecule has 1 atom stereocenters. The minimum absolute atomic E-state index is 0.103. The molecule has 0 bridgehead atoms. The van der Waals surface area contributed by atoms with Gasteiger partial charge in [0.25, 0.3) is 0 Å². The lowest BCUT2D eigenvalue weighted by Crippen LogP contribution is -2.27. The van der Waals surface area contributed by atoms with Gasteiger partial charge in [0.1, 0.15) is 0 Å². The van der Waals surface area contributed by atoms with E-state index in [1.54, 1.807) is 18.3 Å². The maximum Gasteiger partial charge on any atom is 0.230 e. The van der Waals surface area contributed by atoms with Gasteiger partial charge >= 0.3 is 0 Å². The summed E-state index contributed by atoms with van der Waals surface area (Å²) in [5, 5.41) is 6.75. The fourth-order valence-electron chi connectivity index (χ4n) is 3.54. The number of halogens is 1. The van der Waals surface area contributed by atoms with E-state index in [9.17, 15) is 9.18 Å². The van der Waals surface area contributed by atoms with Crippen molar-refractivity contribution in [3.8, 4) is 16.9 Å². The fourth-order valence-corrected chi connectivity index (χ4v) is 3.54. The lowest BCUT2D eigenvalue weighted by molar-refractivity contribution is -0.120. The number of carbonyl (C=O) groups is 1. The highest BCUT2D eigenvalue weighted by Crippen LogP contribution is 2.30. The lowest BCUT2D eigenvalue weighted by atomic mass is 9.98. The van der Waals surface area contributed by atoms with Gasteiger partial charge in [-0.25, -0.2) is 4.39 Å². The quantitative estimate of drug-likeness (QED) is 0.748. The van der Waals surface area contributed by atoms with Gasteiger partial charge in [-0.2, -0.15) is 5.10 Å². The largest absolute Gasteiger partial charge is 0.494 e. The number of rotatable bonds is 5. The molecule has 1 saturated heterocycles.